The highest BCUT2D eigenvalue weighted by atomic mass is 35.5. The minimum Gasteiger partial charge on any atom is -0.352 e. The van der Waals surface area contributed by atoms with Crippen LogP contribution in [0, 0.1) is 12.8 Å². The summed E-state index contributed by atoms with van der Waals surface area (Å²) in [4.78, 5) is 19.3. The number of hydrogen-bond donors (Lipinski definition) is 2. The Kier molecular flexibility index (Phi) is 10.3. The van der Waals surface area contributed by atoms with Crippen LogP contribution in [0.5, 0.6) is 0 Å². The van der Waals surface area contributed by atoms with Gasteiger partial charge in [0.2, 0.25) is 0 Å². The lowest BCUT2D eigenvalue weighted by Crippen LogP contribution is -2.38. The standard InChI is InChI=1S/C19H26N4OS.2ClH/c1-14-22-18(13-25-14)12-23-7-5-15(6-8-23)11-21-19(24)17-4-2-3-16(9-17)10-20;;/h2-4,9,13,15H,5-8,10-12,20H2,1H3,(H,21,24);2*1H. The summed E-state index contributed by atoms with van der Waals surface area (Å²) in [5, 5.41) is 6.36. The Morgan fingerprint density at radius 2 is 2.07 bits per heavy atom. The number of benzene rings is 1. The molecule has 3 rings (SSSR count). The molecule has 150 valence electrons. The Balaban J connectivity index is 0.00000182. The molecule has 1 fully saturated rings. The smallest absolute Gasteiger partial charge is 0.251 e. The van der Waals surface area contributed by atoms with E-state index in [4.69, 9.17) is 5.73 Å². The van der Waals surface area contributed by atoms with Gasteiger partial charge < -0.3 is 11.1 Å². The van der Waals surface area contributed by atoms with Crippen molar-refractivity contribution in [2.75, 3.05) is 19.6 Å². The van der Waals surface area contributed by atoms with Gasteiger partial charge in [0.05, 0.1) is 10.7 Å². The highest BCUT2D eigenvalue weighted by Crippen LogP contribution is 2.19. The molecular weight excluding hydrogens is 403 g/mol. The van der Waals surface area contributed by atoms with E-state index in [2.05, 4.69) is 20.6 Å². The first-order valence-corrected chi connectivity index (χ1v) is 9.72. The molecule has 0 radical (unpaired) electrons. The molecule has 27 heavy (non-hydrogen) atoms. The zero-order valence-corrected chi connectivity index (χ0v) is 18.0. The fraction of sp³-hybridized carbons (Fsp3) is 0.474. The third kappa shape index (κ3) is 7.05. The lowest BCUT2D eigenvalue weighted by Gasteiger charge is -2.31. The first-order chi connectivity index (χ1) is 12.1. The number of nitrogens with zero attached hydrogens (tertiary/aromatic N) is 2. The summed E-state index contributed by atoms with van der Waals surface area (Å²) in [7, 11) is 0. The van der Waals surface area contributed by atoms with Gasteiger partial charge in [-0.1, -0.05) is 12.1 Å². The van der Waals surface area contributed by atoms with Crippen LogP contribution in [0.2, 0.25) is 0 Å². The quantitative estimate of drug-likeness (QED) is 0.736. The molecule has 0 unspecified atom stereocenters. The topological polar surface area (TPSA) is 71.2 Å². The van der Waals surface area contributed by atoms with E-state index in [9.17, 15) is 4.79 Å². The minimum atomic E-state index is -0.00400. The van der Waals surface area contributed by atoms with Gasteiger partial charge in [0.1, 0.15) is 0 Å². The number of aryl methyl sites for hydroxylation is 1. The predicted molar refractivity (Wildman–Crippen MR) is 116 cm³/mol. The molecule has 1 aliphatic rings. The lowest BCUT2D eigenvalue weighted by atomic mass is 9.96. The number of likely N-dealkylation sites (tertiary alicyclic amines) is 1. The second-order valence-corrected chi connectivity index (χ2v) is 7.75. The van der Waals surface area contributed by atoms with E-state index in [1.807, 2.05) is 31.2 Å². The van der Waals surface area contributed by atoms with Crippen LogP contribution in [0.15, 0.2) is 29.6 Å². The largest absolute Gasteiger partial charge is 0.352 e. The molecular formula is C19H28Cl2N4OS. The van der Waals surface area contributed by atoms with Gasteiger partial charge in [-0.2, -0.15) is 0 Å². The molecule has 1 aliphatic heterocycles. The number of carbonyl (C=O) groups excluding carboxylic acids is 1. The van der Waals surface area contributed by atoms with Crippen molar-refractivity contribution in [2.24, 2.45) is 11.7 Å². The van der Waals surface area contributed by atoms with Crippen LogP contribution >= 0.6 is 36.2 Å². The third-order valence-electron chi connectivity index (χ3n) is 4.74. The third-order valence-corrected chi connectivity index (χ3v) is 5.56. The summed E-state index contributed by atoms with van der Waals surface area (Å²) in [6.45, 7) is 6.33. The van der Waals surface area contributed by atoms with Gasteiger partial charge >= 0.3 is 0 Å². The average molecular weight is 431 g/mol. The molecule has 0 spiro atoms. The minimum absolute atomic E-state index is 0. The fourth-order valence-corrected chi connectivity index (χ4v) is 3.84. The molecule has 0 aliphatic carbocycles. The van der Waals surface area contributed by atoms with Crippen LogP contribution in [0.25, 0.3) is 0 Å². The predicted octanol–water partition coefficient (Wildman–Crippen LogP) is 3.40. The average Bonchev–Trinajstić information content (AvgIpc) is 3.05. The van der Waals surface area contributed by atoms with Crippen molar-refractivity contribution in [2.45, 2.75) is 32.9 Å². The van der Waals surface area contributed by atoms with Crippen molar-refractivity contribution in [3.63, 3.8) is 0 Å². The SMILES string of the molecule is Cc1nc(CN2CCC(CNC(=O)c3cccc(CN)c3)CC2)cs1.Cl.Cl. The van der Waals surface area contributed by atoms with E-state index in [-0.39, 0.29) is 30.7 Å². The Morgan fingerprint density at radius 3 is 2.70 bits per heavy atom. The lowest BCUT2D eigenvalue weighted by molar-refractivity contribution is 0.0935. The number of carbonyl (C=O) groups is 1. The summed E-state index contributed by atoms with van der Waals surface area (Å²) >= 11 is 1.71. The van der Waals surface area contributed by atoms with Crippen LogP contribution in [0.4, 0.5) is 0 Å². The van der Waals surface area contributed by atoms with Crippen LogP contribution in [0.1, 0.15) is 39.5 Å². The van der Waals surface area contributed by atoms with E-state index >= 15 is 0 Å². The van der Waals surface area contributed by atoms with E-state index in [1.165, 1.54) is 5.69 Å². The van der Waals surface area contributed by atoms with E-state index in [0.717, 1.165) is 49.6 Å². The number of amides is 1. The number of piperidine rings is 1. The van der Waals surface area contributed by atoms with Gasteiger partial charge in [-0.05, 0) is 56.5 Å². The molecule has 0 saturated carbocycles. The maximum atomic E-state index is 12.3. The van der Waals surface area contributed by atoms with Crippen LogP contribution in [0.3, 0.4) is 0 Å². The number of hydrogen-bond acceptors (Lipinski definition) is 5. The van der Waals surface area contributed by atoms with Crippen molar-refractivity contribution in [1.29, 1.82) is 0 Å². The number of thiazole rings is 1. The Morgan fingerprint density at radius 1 is 1.33 bits per heavy atom. The van der Waals surface area contributed by atoms with Gasteiger partial charge in [-0.3, -0.25) is 9.69 Å². The van der Waals surface area contributed by atoms with Gasteiger partial charge in [-0.25, -0.2) is 4.98 Å². The van der Waals surface area contributed by atoms with Crippen molar-refractivity contribution in [3.05, 3.63) is 51.5 Å². The summed E-state index contributed by atoms with van der Waals surface area (Å²) < 4.78 is 0. The molecule has 1 aromatic heterocycles. The summed E-state index contributed by atoms with van der Waals surface area (Å²) in [5.74, 6) is 0.547. The molecule has 2 aromatic rings. The van der Waals surface area contributed by atoms with Gasteiger partial charge in [-0.15, -0.1) is 36.2 Å². The first-order valence-electron chi connectivity index (χ1n) is 8.84. The summed E-state index contributed by atoms with van der Waals surface area (Å²) in [5.41, 5.74) is 8.49. The summed E-state index contributed by atoms with van der Waals surface area (Å²) in [6, 6.07) is 7.53. The monoisotopic (exact) mass is 430 g/mol. The van der Waals surface area contributed by atoms with Crippen molar-refractivity contribution in [3.8, 4) is 0 Å². The number of aromatic nitrogens is 1. The molecule has 2 heterocycles. The Hall–Kier alpha value is -1.18. The molecule has 1 amide bonds. The number of nitrogens with one attached hydrogen (secondary N) is 1. The molecule has 3 N–H and O–H groups in total. The zero-order valence-electron chi connectivity index (χ0n) is 15.5. The van der Waals surface area contributed by atoms with E-state index in [1.54, 1.807) is 11.3 Å². The molecule has 1 aromatic carbocycles. The van der Waals surface area contributed by atoms with Crippen LogP contribution in [-0.4, -0.2) is 35.4 Å². The van der Waals surface area contributed by atoms with E-state index in [0.29, 0.717) is 18.0 Å². The highest BCUT2D eigenvalue weighted by molar-refractivity contribution is 7.09. The molecule has 0 atom stereocenters. The van der Waals surface area contributed by atoms with Crippen molar-refractivity contribution >= 4 is 42.1 Å². The molecule has 1 saturated heterocycles. The van der Waals surface area contributed by atoms with Gasteiger partial charge in [0, 0.05) is 30.6 Å². The van der Waals surface area contributed by atoms with Crippen LogP contribution in [-0.2, 0) is 13.1 Å². The fourth-order valence-electron chi connectivity index (χ4n) is 3.24. The molecule has 8 heteroatoms. The van der Waals surface area contributed by atoms with Crippen molar-refractivity contribution in [1.82, 2.24) is 15.2 Å². The van der Waals surface area contributed by atoms with Crippen molar-refractivity contribution < 1.29 is 4.79 Å². The first kappa shape index (κ1) is 23.9. The maximum Gasteiger partial charge on any atom is 0.251 e. The van der Waals surface area contributed by atoms with Crippen LogP contribution < -0.4 is 11.1 Å². The zero-order chi connectivity index (χ0) is 17.6. The Bertz CT molecular complexity index is 717. The Labute approximate surface area is 177 Å². The second kappa shape index (κ2) is 11.6. The number of rotatable bonds is 6. The maximum absolute atomic E-state index is 12.3. The normalized spacial score (nSPS) is 14.9. The second-order valence-electron chi connectivity index (χ2n) is 6.69. The molecule has 0 bridgehead atoms. The van der Waals surface area contributed by atoms with E-state index < -0.39 is 0 Å². The number of nitrogens with two attached hydrogens (primary N) is 1. The van der Waals surface area contributed by atoms with Gasteiger partial charge in [0.15, 0.2) is 0 Å². The highest BCUT2D eigenvalue weighted by Gasteiger charge is 2.20. The summed E-state index contributed by atoms with van der Waals surface area (Å²) in [6.07, 6.45) is 2.23. The number of halogens is 2. The van der Waals surface area contributed by atoms with Gasteiger partial charge in [0.25, 0.3) is 5.91 Å². The molecule has 5 nitrogen and oxygen atoms in total.